The summed E-state index contributed by atoms with van der Waals surface area (Å²) in [5.74, 6) is 1.38. The predicted molar refractivity (Wildman–Crippen MR) is 131 cm³/mol. The molecule has 166 valence electrons. The number of H-pyrrole nitrogens is 1. The molecule has 1 aromatic heterocycles. The standard InChI is InChI=1S/C25H27N3O3S/c1-16-5-4-6-19(11-16)26-25(32)28(20-7-2-3-8-20)15-18-12-17-13-22-23(31-10-9-30-22)14-21(17)27-24(18)29/h4-6,11-14,20H,2-3,7-10,15H2,1H3,(H,26,32)(H,27,29). The summed E-state index contributed by atoms with van der Waals surface area (Å²) in [5, 5.41) is 4.97. The minimum atomic E-state index is -0.101. The lowest BCUT2D eigenvalue weighted by Gasteiger charge is -2.31. The molecule has 1 aliphatic carbocycles. The molecule has 1 fully saturated rings. The summed E-state index contributed by atoms with van der Waals surface area (Å²) in [5.41, 5.74) is 3.47. The van der Waals surface area contributed by atoms with Gasteiger partial charge in [-0.25, -0.2) is 0 Å². The van der Waals surface area contributed by atoms with E-state index < -0.39 is 0 Å². The molecule has 0 amide bonds. The largest absolute Gasteiger partial charge is 0.486 e. The van der Waals surface area contributed by atoms with Crippen molar-refractivity contribution >= 4 is 33.9 Å². The van der Waals surface area contributed by atoms with Crippen molar-refractivity contribution < 1.29 is 9.47 Å². The molecule has 2 aliphatic rings. The van der Waals surface area contributed by atoms with Crippen molar-refractivity contribution in [3.63, 3.8) is 0 Å². The fourth-order valence-corrected chi connectivity index (χ4v) is 4.92. The van der Waals surface area contributed by atoms with Crippen LogP contribution in [0.2, 0.25) is 0 Å². The van der Waals surface area contributed by atoms with Crippen LogP contribution in [0, 0.1) is 6.92 Å². The fourth-order valence-electron chi connectivity index (χ4n) is 4.59. The van der Waals surface area contributed by atoms with Crippen LogP contribution >= 0.6 is 12.2 Å². The van der Waals surface area contributed by atoms with Gasteiger partial charge in [-0.15, -0.1) is 0 Å². The second-order valence-corrected chi connectivity index (χ2v) is 8.96. The number of anilines is 1. The number of aryl methyl sites for hydroxylation is 1. The van der Waals surface area contributed by atoms with Crippen molar-refractivity contribution in [3.05, 3.63) is 63.9 Å². The molecule has 1 aliphatic heterocycles. The highest BCUT2D eigenvalue weighted by molar-refractivity contribution is 7.80. The van der Waals surface area contributed by atoms with Gasteiger partial charge in [0.25, 0.3) is 5.56 Å². The van der Waals surface area contributed by atoms with Crippen LogP contribution in [0.5, 0.6) is 11.5 Å². The summed E-state index contributed by atoms with van der Waals surface area (Å²) >= 11 is 5.82. The van der Waals surface area contributed by atoms with Crippen LogP contribution in [0.25, 0.3) is 10.9 Å². The minimum absolute atomic E-state index is 0.101. The Balaban J connectivity index is 1.45. The van der Waals surface area contributed by atoms with E-state index in [-0.39, 0.29) is 5.56 Å². The lowest BCUT2D eigenvalue weighted by molar-refractivity contribution is 0.172. The number of hydrogen-bond acceptors (Lipinski definition) is 4. The van der Waals surface area contributed by atoms with Crippen LogP contribution in [0.3, 0.4) is 0 Å². The molecule has 7 heteroatoms. The second-order valence-electron chi connectivity index (χ2n) is 8.57. The summed E-state index contributed by atoms with van der Waals surface area (Å²) in [4.78, 5) is 18.2. The molecule has 0 bridgehead atoms. The Hall–Kier alpha value is -3.06. The molecule has 5 rings (SSSR count). The highest BCUT2D eigenvalue weighted by atomic mass is 32.1. The third-order valence-corrected chi connectivity index (χ3v) is 6.56. The van der Waals surface area contributed by atoms with E-state index in [4.69, 9.17) is 21.7 Å². The Morgan fingerprint density at radius 2 is 1.88 bits per heavy atom. The van der Waals surface area contributed by atoms with Gasteiger partial charge in [-0.2, -0.15) is 0 Å². The van der Waals surface area contributed by atoms with Gasteiger partial charge in [0.05, 0.1) is 12.1 Å². The zero-order valence-corrected chi connectivity index (χ0v) is 19.0. The Kier molecular flexibility index (Phi) is 5.74. The van der Waals surface area contributed by atoms with Crippen molar-refractivity contribution in [1.29, 1.82) is 0 Å². The van der Waals surface area contributed by atoms with E-state index in [0.717, 1.165) is 29.4 Å². The van der Waals surface area contributed by atoms with Crippen LogP contribution in [0.1, 0.15) is 36.8 Å². The van der Waals surface area contributed by atoms with Crippen molar-refractivity contribution in [2.45, 2.75) is 45.2 Å². The summed E-state index contributed by atoms with van der Waals surface area (Å²) in [6.07, 6.45) is 4.54. The van der Waals surface area contributed by atoms with Crippen molar-refractivity contribution in [1.82, 2.24) is 9.88 Å². The number of nitrogens with one attached hydrogen (secondary N) is 2. The van der Waals surface area contributed by atoms with Crippen LogP contribution in [0.15, 0.2) is 47.3 Å². The third-order valence-electron chi connectivity index (χ3n) is 6.22. The molecule has 1 saturated carbocycles. The first-order chi connectivity index (χ1) is 15.6. The number of rotatable bonds is 4. The lowest BCUT2D eigenvalue weighted by Crippen LogP contribution is -2.42. The molecule has 2 aromatic carbocycles. The number of aromatic nitrogens is 1. The number of ether oxygens (including phenoxy) is 2. The Labute approximate surface area is 192 Å². The average molecular weight is 450 g/mol. The average Bonchev–Trinajstić information content (AvgIpc) is 3.31. The van der Waals surface area contributed by atoms with Gasteiger partial charge in [0, 0.05) is 28.7 Å². The Morgan fingerprint density at radius 3 is 2.62 bits per heavy atom. The van der Waals surface area contributed by atoms with E-state index in [1.165, 1.54) is 18.4 Å². The van der Waals surface area contributed by atoms with Gasteiger partial charge in [0.2, 0.25) is 0 Å². The van der Waals surface area contributed by atoms with Crippen LogP contribution in [-0.4, -0.2) is 34.3 Å². The van der Waals surface area contributed by atoms with E-state index in [0.29, 0.717) is 48.0 Å². The number of hydrogen-bond donors (Lipinski definition) is 2. The monoisotopic (exact) mass is 449 g/mol. The summed E-state index contributed by atoms with van der Waals surface area (Å²) in [7, 11) is 0. The number of thiocarbonyl (C=S) groups is 1. The molecule has 0 saturated heterocycles. The van der Waals surface area contributed by atoms with Gasteiger partial charge in [0.1, 0.15) is 13.2 Å². The highest BCUT2D eigenvalue weighted by Gasteiger charge is 2.26. The van der Waals surface area contributed by atoms with Gasteiger partial charge < -0.3 is 24.7 Å². The number of nitrogens with zero attached hydrogens (tertiary/aromatic N) is 1. The van der Waals surface area contributed by atoms with Crippen LogP contribution in [-0.2, 0) is 6.54 Å². The molecular formula is C25H27N3O3S. The molecule has 0 unspecified atom stereocenters. The second kappa shape index (κ2) is 8.82. The molecular weight excluding hydrogens is 422 g/mol. The molecule has 0 atom stereocenters. The quantitative estimate of drug-likeness (QED) is 0.561. The molecule has 6 nitrogen and oxygen atoms in total. The normalized spacial score (nSPS) is 15.7. The van der Waals surface area contributed by atoms with E-state index in [9.17, 15) is 4.79 Å². The smallest absolute Gasteiger partial charge is 0.253 e. The summed E-state index contributed by atoms with van der Waals surface area (Å²) in [6, 6.07) is 14.2. The summed E-state index contributed by atoms with van der Waals surface area (Å²) < 4.78 is 11.4. The molecule has 0 radical (unpaired) electrons. The number of pyridine rings is 1. The van der Waals surface area contributed by atoms with E-state index in [2.05, 4.69) is 34.3 Å². The van der Waals surface area contributed by atoms with Crippen LogP contribution in [0.4, 0.5) is 5.69 Å². The van der Waals surface area contributed by atoms with Crippen molar-refractivity contribution in [2.24, 2.45) is 0 Å². The van der Waals surface area contributed by atoms with E-state index in [1.807, 2.05) is 30.3 Å². The number of benzene rings is 2. The maximum atomic E-state index is 13.0. The minimum Gasteiger partial charge on any atom is -0.486 e. The fraction of sp³-hybridized carbons (Fsp3) is 0.360. The maximum absolute atomic E-state index is 13.0. The van der Waals surface area contributed by atoms with Gasteiger partial charge >= 0.3 is 0 Å². The van der Waals surface area contributed by atoms with Gasteiger partial charge in [-0.1, -0.05) is 25.0 Å². The zero-order valence-electron chi connectivity index (χ0n) is 18.1. The number of fused-ring (bicyclic) bond motifs is 2. The van der Waals surface area contributed by atoms with Crippen molar-refractivity contribution in [2.75, 3.05) is 18.5 Å². The molecule has 0 spiro atoms. The maximum Gasteiger partial charge on any atom is 0.253 e. The predicted octanol–water partition coefficient (Wildman–Crippen LogP) is 4.75. The molecule has 32 heavy (non-hydrogen) atoms. The molecule has 2 N–H and O–H groups in total. The molecule has 2 heterocycles. The Morgan fingerprint density at radius 1 is 1.12 bits per heavy atom. The van der Waals surface area contributed by atoms with Gasteiger partial charge in [0.15, 0.2) is 16.6 Å². The Bertz CT molecular complexity index is 1220. The van der Waals surface area contributed by atoms with Gasteiger partial charge in [-0.3, -0.25) is 4.79 Å². The van der Waals surface area contributed by atoms with Gasteiger partial charge in [-0.05, 0) is 61.8 Å². The highest BCUT2D eigenvalue weighted by Crippen LogP contribution is 2.34. The zero-order chi connectivity index (χ0) is 22.1. The summed E-state index contributed by atoms with van der Waals surface area (Å²) in [6.45, 7) is 3.57. The van der Waals surface area contributed by atoms with Crippen LogP contribution < -0.4 is 20.3 Å². The first kappa shape index (κ1) is 20.8. The first-order valence-electron chi connectivity index (χ1n) is 11.2. The lowest BCUT2D eigenvalue weighted by atomic mass is 10.1. The third kappa shape index (κ3) is 4.30. The van der Waals surface area contributed by atoms with E-state index >= 15 is 0 Å². The van der Waals surface area contributed by atoms with E-state index in [1.54, 1.807) is 0 Å². The molecule has 3 aromatic rings. The van der Waals surface area contributed by atoms with Crippen molar-refractivity contribution in [3.8, 4) is 11.5 Å². The topological polar surface area (TPSA) is 66.6 Å². The SMILES string of the molecule is Cc1cccc(NC(=S)N(Cc2cc3cc4c(cc3[nH]c2=O)OCCO4)C2CCCC2)c1. The number of aromatic amines is 1. The first-order valence-corrected chi connectivity index (χ1v) is 11.6.